The van der Waals surface area contributed by atoms with Crippen LogP contribution in [-0.4, -0.2) is 10.9 Å². The molecule has 1 aromatic heterocycles. The van der Waals surface area contributed by atoms with Gasteiger partial charge in [-0.15, -0.1) is 11.3 Å². The van der Waals surface area contributed by atoms with Crippen LogP contribution in [0.15, 0.2) is 42.0 Å². The second kappa shape index (κ2) is 5.84. The van der Waals surface area contributed by atoms with Crippen LogP contribution in [0.2, 0.25) is 0 Å². The predicted molar refractivity (Wildman–Crippen MR) is 89.7 cm³/mol. The minimum absolute atomic E-state index is 0.174. The normalized spacial score (nSPS) is 20.2. The number of nitrogens with zero attached hydrogens (tertiary/aromatic N) is 1. The zero-order valence-electron chi connectivity index (χ0n) is 12.9. The Labute approximate surface area is 135 Å². The molecule has 1 heterocycles. The molecule has 0 spiro atoms. The summed E-state index contributed by atoms with van der Waals surface area (Å²) in [4.78, 5) is 18.0. The SMILES string of the molecule is CC(c1ccccc1)(c1cncs1)C1(C(N)=O)CCCCC1. The van der Waals surface area contributed by atoms with Gasteiger partial charge in [0.05, 0.1) is 10.9 Å². The van der Waals surface area contributed by atoms with Gasteiger partial charge in [0, 0.05) is 16.5 Å². The summed E-state index contributed by atoms with van der Waals surface area (Å²) in [5.74, 6) is -0.174. The van der Waals surface area contributed by atoms with Crippen LogP contribution in [0.1, 0.15) is 49.5 Å². The molecule has 1 aliphatic carbocycles. The number of thiazole rings is 1. The van der Waals surface area contributed by atoms with E-state index in [2.05, 4.69) is 24.0 Å². The summed E-state index contributed by atoms with van der Waals surface area (Å²) in [5, 5.41) is 0. The fourth-order valence-electron chi connectivity index (χ4n) is 4.04. The molecular weight excluding hydrogens is 292 g/mol. The van der Waals surface area contributed by atoms with Crippen LogP contribution in [0.25, 0.3) is 0 Å². The van der Waals surface area contributed by atoms with Gasteiger partial charge in [0.15, 0.2) is 0 Å². The summed E-state index contributed by atoms with van der Waals surface area (Å²) in [7, 11) is 0. The van der Waals surface area contributed by atoms with E-state index in [9.17, 15) is 4.79 Å². The molecule has 1 aromatic carbocycles. The molecule has 2 N–H and O–H groups in total. The van der Waals surface area contributed by atoms with Crippen molar-refractivity contribution in [1.29, 1.82) is 0 Å². The maximum absolute atomic E-state index is 12.6. The maximum atomic E-state index is 12.6. The number of primary amides is 1. The highest BCUT2D eigenvalue weighted by Crippen LogP contribution is 2.55. The van der Waals surface area contributed by atoms with E-state index in [1.807, 2.05) is 29.9 Å². The van der Waals surface area contributed by atoms with Gasteiger partial charge in [-0.2, -0.15) is 0 Å². The highest BCUT2D eigenvalue weighted by Gasteiger charge is 2.55. The van der Waals surface area contributed by atoms with Crippen molar-refractivity contribution in [2.24, 2.45) is 11.1 Å². The van der Waals surface area contributed by atoms with E-state index in [-0.39, 0.29) is 5.91 Å². The second-order valence-corrected chi connectivity index (χ2v) is 7.25. The lowest BCUT2D eigenvalue weighted by atomic mass is 9.54. The van der Waals surface area contributed by atoms with Crippen molar-refractivity contribution in [2.45, 2.75) is 44.4 Å². The minimum Gasteiger partial charge on any atom is -0.369 e. The molecule has 1 amide bonds. The average molecular weight is 314 g/mol. The first-order chi connectivity index (χ1) is 10.6. The van der Waals surface area contributed by atoms with Crippen LogP contribution < -0.4 is 5.73 Å². The number of amides is 1. The molecule has 0 saturated heterocycles. The molecule has 0 bridgehead atoms. The Kier molecular flexibility index (Phi) is 4.04. The Morgan fingerprint density at radius 3 is 2.45 bits per heavy atom. The van der Waals surface area contributed by atoms with Gasteiger partial charge in [-0.1, -0.05) is 49.6 Å². The number of carbonyl (C=O) groups excluding carboxylic acids is 1. The lowest BCUT2D eigenvalue weighted by Gasteiger charge is -2.48. The van der Waals surface area contributed by atoms with Crippen LogP contribution >= 0.6 is 11.3 Å². The predicted octanol–water partition coefficient (Wildman–Crippen LogP) is 3.88. The van der Waals surface area contributed by atoms with E-state index in [4.69, 9.17) is 5.73 Å². The van der Waals surface area contributed by atoms with Crippen molar-refractivity contribution >= 4 is 17.2 Å². The highest BCUT2D eigenvalue weighted by atomic mass is 32.1. The van der Waals surface area contributed by atoms with Crippen LogP contribution in [0, 0.1) is 5.41 Å². The smallest absolute Gasteiger partial charge is 0.224 e. The Bertz CT molecular complexity index is 632. The number of benzene rings is 1. The van der Waals surface area contributed by atoms with E-state index >= 15 is 0 Å². The van der Waals surface area contributed by atoms with Gasteiger partial charge >= 0.3 is 0 Å². The van der Waals surface area contributed by atoms with E-state index in [1.54, 1.807) is 11.3 Å². The van der Waals surface area contributed by atoms with Crippen molar-refractivity contribution in [3.8, 4) is 0 Å². The van der Waals surface area contributed by atoms with Gasteiger partial charge in [0.1, 0.15) is 0 Å². The van der Waals surface area contributed by atoms with Crippen LogP contribution in [0.3, 0.4) is 0 Å². The fourth-order valence-corrected chi connectivity index (χ4v) is 4.94. The van der Waals surface area contributed by atoms with Crippen molar-refractivity contribution in [2.75, 3.05) is 0 Å². The van der Waals surface area contributed by atoms with E-state index in [0.29, 0.717) is 0 Å². The van der Waals surface area contributed by atoms with Crippen molar-refractivity contribution in [3.63, 3.8) is 0 Å². The third kappa shape index (κ3) is 2.17. The van der Waals surface area contributed by atoms with Crippen LogP contribution in [0.4, 0.5) is 0 Å². The Hall–Kier alpha value is -1.68. The zero-order valence-corrected chi connectivity index (χ0v) is 13.7. The molecule has 1 atom stereocenters. The molecule has 0 aliphatic heterocycles. The minimum atomic E-state index is -0.529. The monoisotopic (exact) mass is 314 g/mol. The van der Waals surface area contributed by atoms with Gasteiger partial charge < -0.3 is 5.73 Å². The van der Waals surface area contributed by atoms with Gasteiger partial charge in [0.2, 0.25) is 5.91 Å². The fraction of sp³-hybridized carbons (Fsp3) is 0.444. The number of carbonyl (C=O) groups is 1. The second-order valence-electron chi connectivity index (χ2n) is 6.36. The first-order valence-electron chi connectivity index (χ1n) is 7.86. The molecule has 1 fully saturated rings. The third-order valence-corrected chi connectivity index (χ3v) is 6.41. The van der Waals surface area contributed by atoms with Crippen molar-refractivity contribution in [1.82, 2.24) is 4.98 Å². The molecule has 22 heavy (non-hydrogen) atoms. The number of hydrogen-bond acceptors (Lipinski definition) is 3. The van der Waals surface area contributed by atoms with E-state index in [0.717, 1.165) is 36.1 Å². The van der Waals surface area contributed by atoms with Crippen LogP contribution in [-0.2, 0) is 10.2 Å². The number of aromatic nitrogens is 1. The molecule has 4 heteroatoms. The summed E-state index contributed by atoms with van der Waals surface area (Å²) >= 11 is 1.62. The summed E-state index contributed by atoms with van der Waals surface area (Å²) in [6, 6.07) is 10.3. The molecule has 0 radical (unpaired) electrons. The average Bonchev–Trinajstić information content (AvgIpc) is 3.10. The number of nitrogens with two attached hydrogens (primary N) is 1. The van der Waals surface area contributed by atoms with Gasteiger partial charge in [-0.05, 0) is 25.3 Å². The zero-order chi connectivity index (χ0) is 15.6. The summed E-state index contributed by atoms with van der Waals surface area (Å²) in [6.45, 7) is 2.17. The molecule has 1 unspecified atom stereocenters. The quantitative estimate of drug-likeness (QED) is 0.931. The van der Waals surface area contributed by atoms with Gasteiger partial charge in [0.25, 0.3) is 0 Å². The molecule has 3 nitrogen and oxygen atoms in total. The van der Waals surface area contributed by atoms with E-state index in [1.165, 1.54) is 6.42 Å². The highest BCUT2D eigenvalue weighted by molar-refractivity contribution is 7.09. The first-order valence-corrected chi connectivity index (χ1v) is 8.74. The molecule has 116 valence electrons. The van der Waals surface area contributed by atoms with Crippen molar-refractivity contribution < 1.29 is 4.79 Å². The summed E-state index contributed by atoms with van der Waals surface area (Å²) < 4.78 is 0. The Balaban J connectivity index is 2.23. The Morgan fingerprint density at radius 2 is 1.91 bits per heavy atom. The number of hydrogen-bond donors (Lipinski definition) is 1. The topological polar surface area (TPSA) is 56.0 Å². The van der Waals surface area contributed by atoms with Crippen LogP contribution in [0.5, 0.6) is 0 Å². The lowest BCUT2D eigenvalue weighted by Crippen LogP contribution is -2.53. The molecule has 1 aliphatic rings. The molecule has 3 rings (SSSR count). The molecule has 1 saturated carbocycles. The summed E-state index contributed by atoms with van der Waals surface area (Å²) in [6.07, 6.45) is 6.91. The maximum Gasteiger partial charge on any atom is 0.224 e. The van der Waals surface area contributed by atoms with Gasteiger partial charge in [-0.3, -0.25) is 9.78 Å². The molecular formula is C18H22N2OS. The molecule has 2 aromatic rings. The number of rotatable bonds is 4. The third-order valence-electron chi connectivity index (χ3n) is 5.41. The van der Waals surface area contributed by atoms with Gasteiger partial charge in [-0.25, -0.2) is 0 Å². The first kappa shape index (κ1) is 15.2. The Morgan fingerprint density at radius 1 is 1.23 bits per heavy atom. The standard InChI is InChI=1S/C18H22N2OS/c1-17(15-12-20-13-22-15,14-8-4-2-5-9-14)18(16(19)21)10-6-3-7-11-18/h2,4-5,8-9,12-13H,3,6-7,10-11H2,1H3,(H2,19,21). The van der Waals surface area contributed by atoms with E-state index < -0.39 is 10.8 Å². The lowest BCUT2D eigenvalue weighted by molar-refractivity contribution is -0.133. The summed E-state index contributed by atoms with van der Waals surface area (Å²) in [5.41, 5.74) is 8.03. The van der Waals surface area contributed by atoms with Crippen molar-refractivity contribution in [3.05, 3.63) is 52.5 Å². The largest absolute Gasteiger partial charge is 0.369 e.